The molecule has 0 heterocycles. The van der Waals surface area contributed by atoms with Gasteiger partial charge in [0.25, 0.3) is 5.91 Å². The van der Waals surface area contributed by atoms with Crippen molar-refractivity contribution in [2.75, 3.05) is 19.0 Å². The lowest BCUT2D eigenvalue weighted by molar-refractivity contribution is -0.123. The summed E-state index contributed by atoms with van der Waals surface area (Å²) >= 11 is 0. The number of halogens is 2. The van der Waals surface area contributed by atoms with Crippen LogP contribution in [0.4, 0.5) is 14.5 Å². The van der Waals surface area contributed by atoms with E-state index in [1.807, 2.05) is 0 Å². The summed E-state index contributed by atoms with van der Waals surface area (Å²) in [5, 5.41) is 2.20. The van der Waals surface area contributed by atoms with Crippen LogP contribution in [0.2, 0.25) is 0 Å². The first-order valence-electron chi connectivity index (χ1n) is 9.49. The standard InChI is InChI=1S/C22H25F2NO5/c1-13(2)9-10-29-19-8-5-15(11-20(19)28-4)22(27)30-14(3)21(26)25-18-12-16(23)6-7-17(18)24/h5-8,11-14H,9-10H2,1-4H3,(H,25,26). The lowest BCUT2D eigenvalue weighted by Crippen LogP contribution is -2.30. The first-order chi connectivity index (χ1) is 14.2. The van der Waals surface area contributed by atoms with Crippen LogP contribution < -0.4 is 14.8 Å². The predicted molar refractivity (Wildman–Crippen MR) is 108 cm³/mol. The molecule has 0 saturated heterocycles. The van der Waals surface area contributed by atoms with Gasteiger partial charge in [0.05, 0.1) is 25.0 Å². The number of carbonyl (C=O) groups is 2. The van der Waals surface area contributed by atoms with Crippen molar-refractivity contribution in [1.82, 2.24) is 0 Å². The molecule has 8 heteroatoms. The number of rotatable bonds is 9. The minimum atomic E-state index is -1.24. The van der Waals surface area contributed by atoms with Crippen LogP contribution in [0.1, 0.15) is 37.6 Å². The van der Waals surface area contributed by atoms with Crippen LogP contribution >= 0.6 is 0 Å². The van der Waals surface area contributed by atoms with E-state index in [4.69, 9.17) is 14.2 Å². The number of anilines is 1. The molecule has 2 aromatic carbocycles. The molecule has 0 radical (unpaired) electrons. The van der Waals surface area contributed by atoms with Gasteiger partial charge in [-0.3, -0.25) is 4.79 Å². The topological polar surface area (TPSA) is 73.9 Å². The molecule has 0 aliphatic rings. The monoisotopic (exact) mass is 421 g/mol. The molecule has 0 fully saturated rings. The number of amides is 1. The second kappa shape index (κ2) is 10.6. The van der Waals surface area contributed by atoms with Crippen molar-refractivity contribution in [3.63, 3.8) is 0 Å². The van der Waals surface area contributed by atoms with Gasteiger partial charge in [0.2, 0.25) is 0 Å². The van der Waals surface area contributed by atoms with E-state index in [1.165, 1.54) is 26.2 Å². The summed E-state index contributed by atoms with van der Waals surface area (Å²) < 4.78 is 42.9. The molecule has 1 atom stereocenters. The van der Waals surface area contributed by atoms with Crippen LogP contribution in [0.15, 0.2) is 36.4 Å². The fourth-order valence-electron chi connectivity index (χ4n) is 2.43. The Kier molecular flexibility index (Phi) is 8.15. The molecule has 0 aromatic heterocycles. The second-order valence-electron chi connectivity index (χ2n) is 7.06. The second-order valence-corrected chi connectivity index (χ2v) is 7.06. The van der Waals surface area contributed by atoms with Crippen molar-refractivity contribution < 1.29 is 32.6 Å². The summed E-state index contributed by atoms with van der Waals surface area (Å²) in [5.74, 6) is -1.76. The van der Waals surface area contributed by atoms with Gasteiger partial charge in [-0.1, -0.05) is 13.8 Å². The molecule has 0 saturated carbocycles. The number of benzene rings is 2. The molecule has 1 unspecified atom stereocenters. The van der Waals surface area contributed by atoms with Crippen LogP contribution in [0.3, 0.4) is 0 Å². The van der Waals surface area contributed by atoms with Crippen LogP contribution in [0.25, 0.3) is 0 Å². The van der Waals surface area contributed by atoms with Crippen molar-refractivity contribution in [3.8, 4) is 11.5 Å². The summed E-state index contributed by atoms with van der Waals surface area (Å²) in [6, 6.07) is 7.18. The highest BCUT2D eigenvalue weighted by Crippen LogP contribution is 2.29. The Labute approximate surface area is 174 Å². The summed E-state index contributed by atoms with van der Waals surface area (Å²) in [6.07, 6.45) is -0.376. The van der Waals surface area contributed by atoms with Crippen molar-refractivity contribution in [1.29, 1.82) is 0 Å². The largest absolute Gasteiger partial charge is 0.493 e. The van der Waals surface area contributed by atoms with E-state index in [0.29, 0.717) is 24.0 Å². The minimum Gasteiger partial charge on any atom is -0.493 e. The molecule has 0 aliphatic carbocycles. The lowest BCUT2D eigenvalue weighted by atomic mass is 10.1. The first kappa shape index (κ1) is 23.1. The molecule has 0 aliphatic heterocycles. The van der Waals surface area contributed by atoms with E-state index < -0.39 is 29.6 Å². The van der Waals surface area contributed by atoms with Crippen molar-refractivity contribution in [3.05, 3.63) is 53.6 Å². The van der Waals surface area contributed by atoms with Crippen molar-refractivity contribution in [2.24, 2.45) is 5.92 Å². The Morgan fingerprint density at radius 2 is 1.77 bits per heavy atom. The van der Waals surface area contributed by atoms with E-state index in [9.17, 15) is 18.4 Å². The van der Waals surface area contributed by atoms with Gasteiger partial charge in [0.1, 0.15) is 11.6 Å². The zero-order chi connectivity index (χ0) is 22.3. The van der Waals surface area contributed by atoms with Crippen LogP contribution in [0, 0.1) is 17.6 Å². The average molecular weight is 421 g/mol. The molecule has 0 spiro atoms. The molecule has 162 valence electrons. The van der Waals surface area contributed by atoms with E-state index in [1.54, 1.807) is 6.07 Å². The van der Waals surface area contributed by atoms with Gasteiger partial charge in [-0.05, 0) is 49.6 Å². The van der Waals surface area contributed by atoms with Gasteiger partial charge in [-0.25, -0.2) is 13.6 Å². The van der Waals surface area contributed by atoms with Gasteiger partial charge >= 0.3 is 5.97 Å². The highest BCUT2D eigenvalue weighted by molar-refractivity contribution is 5.97. The van der Waals surface area contributed by atoms with E-state index in [2.05, 4.69) is 19.2 Å². The van der Waals surface area contributed by atoms with Crippen LogP contribution in [-0.2, 0) is 9.53 Å². The average Bonchev–Trinajstić information content (AvgIpc) is 2.70. The highest BCUT2D eigenvalue weighted by atomic mass is 19.1. The maximum absolute atomic E-state index is 13.7. The van der Waals surface area contributed by atoms with Crippen molar-refractivity contribution >= 4 is 17.6 Å². The van der Waals surface area contributed by atoms with Gasteiger partial charge < -0.3 is 19.5 Å². The Bertz CT molecular complexity index is 901. The van der Waals surface area contributed by atoms with E-state index in [-0.39, 0.29) is 11.3 Å². The van der Waals surface area contributed by atoms with Crippen molar-refractivity contribution in [2.45, 2.75) is 33.3 Å². The maximum Gasteiger partial charge on any atom is 0.339 e. The Balaban J connectivity index is 2.01. The van der Waals surface area contributed by atoms with Crippen LogP contribution in [0.5, 0.6) is 11.5 Å². The Morgan fingerprint density at radius 3 is 2.43 bits per heavy atom. The maximum atomic E-state index is 13.7. The number of carbonyl (C=O) groups excluding carboxylic acids is 2. The number of esters is 1. The third kappa shape index (κ3) is 6.43. The highest BCUT2D eigenvalue weighted by Gasteiger charge is 2.21. The zero-order valence-corrected chi connectivity index (χ0v) is 17.3. The Morgan fingerprint density at radius 1 is 1.03 bits per heavy atom. The third-order valence-corrected chi connectivity index (χ3v) is 4.19. The summed E-state index contributed by atoms with van der Waals surface area (Å²) in [6.45, 7) is 6.00. The predicted octanol–water partition coefficient (Wildman–Crippen LogP) is 4.58. The molecule has 1 N–H and O–H groups in total. The van der Waals surface area contributed by atoms with Gasteiger partial charge in [-0.15, -0.1) is 0 Å². The number of nitrogens with one attached hydrogen (secondary N) is 1. The van der Waals surface area contributed by atoms with Gasteiger partial charge in [0.15, 0.2) is 17.6 Å². The molecule has 0 bridgehead atoms. The number of ether oxygens (including phenoxy) is 3. The fraction of sp³-hybridized carbons (Fsp3) is 0.364. The third-order valence-electron chi connectivity index (χ3n) is 4.19. The quantitative estimate of drug-likeness (QED) is 0.600. The number of hydrogen-bond acceptors (Lipinski definition) is 5. The molecule has 1 amide bonds. The summed E-state index contributed by atoms with van der Waals surface area (Å²) in [7, 11) is 1.45. The Hall–Kier alpha value is -3.16. The molecule has 6 nitrogen and oxygen atoms in total. The summed E-state index contributed by atoms with van der Waals surface area (Å²) in [4.78, 5) is 24.6. The van der Waals surface area contributed by atoms with Gasteiger partial charge in [0, 0.05) is 6.07 Å². The smallest absolute Gasteiger partial charge is 0.339 e. The zero-order valence-electron chi connectivity index (χ0n) is 17.3. The molecular formula is C22H25F2NO5. The lowest BCUT2D eigenvalue weighted by Gasteiger charge is -2.15. The van der Waals surface area contributed by atoms with Gasteiger partial charge in [-0.2, -0.15) is 0 Å². The summed E-state index contributed by atoms with van der Waals surface area (Å²) in [5.41, 5.74) is -0.188. The molecule has 2 rings (SSSR count). The minimum absolute atomic E-state index is 0.152. The molecule has 2 aromatic rings. The molecule has 30 heavy (non-hydrogen) atoms. The van der Waals surface area contributed by atoms with E-state index in [0.717, 1.165) is 24.6 Å². The fourth-order valence-corrected chi connectivity index (χ4v) is 2.43. The SMILES string of the molecule is COc1cc(C(=O)OC(C)C(=O)Nc2cc(F)ccc2F)ccc1OCCC(C)C. The number of methoxy groups -OCH3 is 1. The number of hydrogen-bond donors (Lipinski definition) is 1. The first-order valence-corrected chi connectivity index (χ1v) is 9.49. The van der Waals surface area contributed by atoms with Crippen LogP contribution in [-0.4, -0.2) is 31.7 Å². The van der Waals surface area contributed by atoms with E-state index >= 15 is 0 Å². The molecular weight excluding hydrogens is 396 g/mol. The normalized spacial score (nSPS) is 11.7.